The van der Waals surface area contributed by atoms with Crippen molar-refractivity contribution in [2.75, 3.05) is 5.32 Å². The summed E-state index contributed by atoms with van der Waals surface area (Å²) in [4.78, 5) is 12.6. The van der Waals surface area contributed by atoms with Gasteiger partial charge >= 0.3 is 0 Å². The molecule has 1 aromatic heterocycles. The largest absolute Gasteiger partial charge is 0.322 e. The minimum atomic E-state index is -0.153. The third kappa shape index (κ3) is 3.58. The van der Waals surface area contributed by atoms with Gasteiger partial charge in [0.2, 0.25) is 0 Å². The molecule has 0 aliphatic carbocycles. The van der Waals surface area contributed by atoms with Crippen molar-refractivity contribution in [2.45, 2.75) is 20.4 Å². The molecule has 0 radical (unpaired) electrons. The SMILES string of the molecule is Cc1ccc(Cn2nnc3cc(C(=O)Nc4ccccc4C)ccc32)cc1. The molecule has 0 aliphatic heterocycles. The van der Waals surface area contributed by atoms with E-state index in [1.807, 2.05) is 48.0 Å². The molecule has 5 heteroatoms. The van der Waals surface area contributed by atoms with E-state index in [1.165, 1.54) is 5.56 Å². The summed E-state index contributed by atoms with van der Waals surface area (Å²) in [5.74, 6) is -0.153. The fourth-order valence-electron chi connectivity index (χ4n) is 3.00. The van der Waals surface area contributed by atoms with Crippen molar-refractivity contribution in [1.29, 1.82) is 0 Å². The van der Waals surface area contributed by atoms with Crippen LogP contribution < -0.4 is 5.32 Å². The van der Waals surface area contributed by atoms with Crippen LogP contribution >= 0.6 is 0 Å². The van der Waals surface area contributed by atoms with E-state index in [4.69, 9.17) is 0 Å². The maximum atomic E-state index is 12.6. The van der Waals surface area contributed by atoms with Gasteiger partial charge in [-0.05, 0) is 49.2 Å². The number of nitrogens with one attached hydrogen (secondary N) is 1. The minimum Gasteiger partial charge on any atom is -0.322 e. The molecule has 0 unspecified atom stereocenters. The number of aromatic nitrogens is 3. The third-order valence-electron chi connectivity index (χ3n) is 4.62. The average molecular weight is 356 g/mol. The highest BCUT2D eigenvalue weighted by molar-refractivity contribution is 6.06. The number of hydrogen-bond donors (Lipinski definition) is 1. The first-order valence-electron chi connectivity index (χ1n) is 8.86. The first-order valence-corrected chi connectivity index (χ1v) is 8.86. The van der Waals surface area contributed by atoms with Gasteiger partial charge in [-0.25, -0.2) is 4.68 Å². The van der Waals surface area contributed by atoms with Crippen molar-refractivity contribution in [3.63, 3.8) is 0 Å². The summed E-state index contributed by atoms with van der Waals surface area (Å²) in [6.07, 6.45) is 0. The number of benzene rings is 3. The second kappa shape index (κ2) is 7.03. The Kier molecular flexibility index (Phi) is 4.42. The summed E-state index contributed by atoms with van der Waals surface area (Å²) in [5.41, 5.74) is 6.40. The van der Waals surface area contributed by atoms with E-state index in [1.54, 1.807) is 6.07 Å². The smallest absolute Gasteiger partial charge is 0.255 e. The fourth-order valence-corrected chi connectivity index (χ4v) is 3.00. The van der Waals surface area contributed by atoms with Crippen LogP contribution in [0.4, 0.5) is 5.69 Å². The van der Waals surface area contributed by atoms with Crippen molar-refractivity contribution in [3.05, 3.63) is 89.0 Å². The molecule has 134 valence electrons. The number of amides is 1. The Balaban J connectivity index is 1.57. The molecule has 0 atom stereocenters. The first-order chi connectivity index (χ1) is 13.1. The molecule has 4 aromatic rings. The number of para-hydroxylation sites is 1. The van der Waals surface area contributed by atoms with Gasteiger partial charge in [0.25, 0.3) is 5.91 Å². The van der Waals surface area contributed by atoms with Gasteiger partial charge in [-0.1, -0.05) is 53.2 Å². The van der Waals surface area contributed by atoms with Gasteiger partial charge in [-0.3, -0.25) is 4.79 Å². The molecule has 0 aliphatic rings. The molecule has 0 saturated carbocycles. The van der Waals surface area contributed by atoms with Crippen molar-refractivity contribution in [1.82, 2.24) is 15.0 Å². The van der Waals surface area contributed by atoms with Crippen LogP contribution in [0.25, 0.3) is 11.0 Å². The molecule has 1 heterocycles. The van der Waals surface area contributed by atoms with Crippen LogP contribution in [0.5, 0.6) is 0 Å². The van der Waals surface area contributed by atoms with Gasteiger partial charge in [0, 0.05) is 11.3 Å². The minimum absolute atomic E-state index is 0.153. The van der Waals surface area contributed by atoms with Gasteiger partial charge in [-0.2, -0.15) is 0 Å². The maximum absolute atomic E-state index is 12.6. The van der Waals surface area contributed by atoms with Crippen LogP contribution in [0.2, 0.25) is 0 Å². The van der Waals surface area contributed by atoms with Gasteiger partial charge in [-0.15, -0.1) is 5.10 Å². The lowest BCUT2D eigenvalue weighted by Crippen LogP contribution is -2.12. The van der Waals surface area contributed by atoms with Crippen molar-refractivity contribution in [2.24, 2.45) is 0 Å². The molecule has 0 saturated heterocycles. The Bertz CT molecular complexity index is 1110. The molecule has 1 amide bonds. The van der Waals surface area contributed by atoms with E-state index in [2.05, 4.69) is 46.8 Å². The molecule has 1 N–H and O–H groups in total. The van der Waals surface area contributed by atoms with Gasteiger partial charge < -0.3 is 5.32 Å². The van der Waals surface area contributed by atoms with Crippen molar-refractivity contribution < 1.29 is 4.79 Å². The molecular formula is C22H20N4O. The molecular weight excluding hydrogens is 336 g/mol. The molecule has 4 rings (SSSR count). The van der Waals surface area contributed by atoms with E-state index in [0.29, 0.717) is 17.6 Å². The van der Waals surface area contributed by atoms with Crippen LogP contribution in [-0.2, 0) is 6.54 Å². The lowest BCUT2D eigenvalue weighted by Gasteiger charge is -2.08. The number of carbonyl (C=O) groups is 1. The normalized spacial score (nSPS) is 10.9. The predicted molar refractivity (Wildman–Crippen MR) is 107 cm³/mol. The number of nitrogens with zero attached hydrogens (tertiary/aromatic N) is 3. The molecule has 0 fully saturated rings. The molecule has 0 spiro atoms. The number of hydrogen-bond acceptors (Lipinski definition) is 3. The Hall–Kier alpha value is -3.47. The number of aryl methyl sites for hydroxylation is 2. The summed E-state index contributed by atoms with van der Waals surface area (Å²) in [6.45, 7) is 4.68. The molecule has 27 heavy (non-hydrogen) atoms. The maximum Gasteiger partial charge on any atom is 0.255 e. The molecule has 3 aromatic carbocycles. The Morgan fingerprint density at radius 2 is 1.78 bits per heavy atom. The zero-order valence-electron chi connectivity index (χ0n) is 15.3. The van der Waals surface area contributed by atoms with Crippen LogP contribution in [0, 0.1) is 13.8 Å². The quantitative estimate of drug-likeness (QED) is 0.591. The van der Waals surface area contributed by atoms with E-state index in [-0.39, 0.29) is 5.91 Å². The average Bonchev–Trinajstić information content (AvgIpc) is 3.07. The zero-order valence-corrected chi connectivity index (χ0v) is 15.3. The second-order valence-corrected chi connectivity index (χ2v) is 6.71. The highest BCUT2D eigenvalue weighted by atomic mass is 16.1. The Morgan fingerprint density at radius 1 is 1.00 bits per heavy atom. The monoisotopic (exact) mass is 356 g/mol. The topological polar surface area (TPSA) is 59.8 Å². The number of anilines is 1. The third-order valence-corrected chi connectivity index (χ3v) is 4.62. The summed E-state index contributed by atoms with van der Waals surface area (Å²) in [5, 5.41) is 11.4. The summed E-state index contributed by atoms with van der Waals surface area (Å²) in [7, 11) is 0. The number of rotatable bonds is 4. The Labute approximate surface area is 157 Å². The van der Waals surface area contributed by atoms with Gasteiger partial charge in [0.05, 0.1) is 12.1 Å². The van der Waals surface area contributed by atoms with Crippen LogP contribution in [-0.4, -0.2) is 20.9 Å². The number of fused-ring (bicyclic) bond motifs is 1. The standard InChI is InChI=1S/C22H20N4O/c1-15-7-9-17(10-8-15)14-26-21-12-11-18(13-20(21)24-25-26)22(27)23-19-6-4-3-5-16(19)2/h3-13H,14H2,1-2H3,(H,23,27). The lowest BCUT2D eigenvalue weighted by molar-refractivity contribution is 0.102. The molecule has 0 bridgehead atoms. The lowest BCUT2D eigenvalue weighted by atomic mass is 10.1. The highest BCUT2D eigenvalue weighted by Gasteiger charge is 2.11. The highest BCUT2D eigenvalue weighted by Crippen LogP contribution is 2.18. The number of carbonyl (C=O) groups excluding carboxylic acids is 1. The van der Waals surface area contributed by atoms with Crippen LogP contribution in [0.3, 0.4) is 0 Å². The van der Waals surface area contributed by atoms with Crippen molar-refractivity contribution >= 4 is 22.6 Å². The van der Waals surface area contributed by atoms with E-state index < -0.39 is 0 Å². The second-order valence-electron chi connectivity index (χ2n) is 6.71. The van der Waals surface area contributed by atoms with E-state index in [0.717, 1.165) is 22.3 Å². The van der Waals surface area contributed by atoms with E-state index in [9.17, 15) is 4.79 Å². The summed E-state index contributed by atoms with van der Waals surface area (Å²) < 4.78 is 1.85. The molecule has 5 nitrogen and oxygen atoms in total. The zero-order chi connectivity index (χ0) is 18.8. The van der Waals surface area contributed by atoms with Gasteiger partial charge in [0.15, 0.2) is 0 Å². The summed E-state index contributed by atoms with van der Waals surface area (Å²) in [6, 6.07) is 21.6. The van der Waals surface area contributed by atoms with E-state index >= 15 is 0 Å². The fraction of sp³-hybridized carbons (Fsp3) is 0.136. The first kappa shape index (κ1) is 17.0. The van der Waals surface area contributed by atoms with Gasteiger partial charge in [0.1, 0.15) is 5.52 Å². The summed E-state index contributed by atoms with van der Waals surface area (Å²) >= 11 is 0. The Morgan fingerprint density at radius 3 is 2.56 bits per heavy atom. The van der Waals surface area contributed by atoms with Crippen LogP contribution in [0.1, 0.15) is 27.0 Å². The van der Waals surface area contributed by atoms with Crippen molar-refractivity contribution in [3.8, 4) is 0 Å². The van der Waals surface area contributed by atoms with Crippen LogP contribution in [0.15, 0.2) is 66.7 Å². The predicted octanol–water partition coefficient (Wildman–Crippen LogP) is 4.35.